The van der Waals surface area contributed by atoms with Crippen molar-refractivity contribution in [1.29, 1.82) is 5.26 Å². The third-order valence-corrected chi connectivity index (χ3v) is 7.50. The average molecular weight is 550 g/mol. The number of hydrogen-bond acceptors (Lipinski definition) is 5. The quantitative estimate of drug-likeness (QED) is 0.437. The maximum atomic E-state index is 14.9. The summed E-state index contributed by atoms with van der Waals surface area (Å²) in [6.07, 6.45) is -5.00. The molecule has 0 spiro atoms. The van der Waals surface area contributed by atoms with Crippen LogP contribution in [0.1, 0.15) is 59.3 Å². The molecule has 1 aliphatic carbocycles. The highest BCUT2D eigenvalue weighted by Crippen LogP contribution is 2.49. The number of halogens is 5. The largest absolute Gasteiger partial charge is 0.471 e. The molecule has 2 bridgehead atoms. The van der Waals surface area contributed by atoms with E-state index in [4.69, 9.17) is 0 Å². The van der Waals surface area contributed by atoms with Crippen LogP contribution in [-0.4, -0.2) is 71.3 Å². The molecule has 0 unspecified atom stereocenters. The first-order valence-electron chi connectivity index (χ1n) is 12.5. The lowest BCUT2D eigenvalue weighted by molar-refractivity contribution is -0.197. The molecule has 212 valence electrons. The molecule has 14 heteroatoms. The van der Waals surface area contributed by atoms with Gasteiger partial charge in [-0.1, -0.05) is 20.8 Å². The fourth-order valence-electron chi connectivity index (χ4n) is 5.58. The molecule has 38 heavy (non-hydrogen) atoms. The molecule has 3 N–H and O–H groups in total. The van der Waals surface area contributed by atoms with E-state index in [0.717, 1.165) is 4.90 Å². The van der Waals surface area contributed by atoms with Crippen LogP contribution < -0.4 is 16.0 Å². The Labute approximate surface area is 216 Å². The van der Waals surface area contributed by atoms with Gasteiger partial charge in [-0.3, -0.25) is 19.2 Å². The number of piperidine rings is 3. The van der Waals surface area contributed by atoms with E-state index in [1.54, 1.807) is 5.32 Å². The Morgan fingerprint density at radius 2 is 1.82 bits per heavy atom. The topological polar surface area (TPSA) is 131 Å². The number of carbonyl (C=O) groups is 4. The van der Waals surface area contributed by atoms with Gasteiger partial charge >= 0.3 is 12.1 Å². The SMILES string of the molecule is CC(C)(C)[C@H](NC(=O)C(F)(F)F)C(=O)N1[C@@H]2CC[C@H]([C@@H]1C(=O)N[C@@H](C#N)C[C@H]1CCCNC1=O)C(F)(F)C2. The van der Waals surface area contributed by atoms with E-state index in [0.29, 0.717) is 19.4 Å². The summed E-state index contributed by atoms with van der Waals surface area (Å²) in [6.45, 7) is 4.69. The molecule has 4 rings (SSSR count). The summed E-state index contributed by atoms with van der Waals surface area (Å²) < 4.78 is 68.9. The van der Waals surface area contributed by atoms with Gasteiger partial charge in [-0.05, 0) is 37.5 Å². The van der Waals surface area contributed by atoms with E-state index in [2.05, 4.69) is 10.6 Å². The van der Waals surface area contributed by atoms with Gasteiger partial charge in [-0.2, -0.15) is 18.4 Å². The number of rotatable bonds is 6. The van der Waals surface area contributed by atoms with Crippen molar-refractivity contribution in [2.45, 2.75) is 95.6 Å². The van der Waals surface area contributed by atoms with Crippen LogP contribution in [0, 0.1) is 28.6 Å². The molecular weight excluding hydrogens is 517 g/mol. The summed E-state index contributed by atoms with van der Waals surface area (Å²) in [6, 6.07) is -4.06. The minimum Gasteiger partial charge on any atom is -0.356 e. The lowest BCUT2D eigenvalue weighted by Gasteiger charge is -2.55. The highest BCUT2D eigenvalue weighted by molar-refractivity contribution is 5.94. The maximum absolute atomic E-state index is 14.9. The lowest BCUT2D eigenvalue weighted by Crippen LogP contribution is -2.71. The van der Waals surface area contributed by atoms with Gasteiger partial charge in [0.15, 0.2) is 0 Å². The fourth-order valence-corrected chi connectivity index (χ4v) is 5.58. The molecule has 0 aromatic carbocycles. The van der Waals surface area contributed by atoms with Gasteiger partial charge in [0.05, 0.1) is 12.0 Å². The molecule has 3 saturated heterocycles. The van der Waals surface area contributed by atoms with Crippen LogP contribution in [0.4, 0.5) is 22.0 Å². The average Bonchev–Trinajstić information content (AvgIpc) is 2.80. The Hall–Kier alpha value is -2.98. The summed E-state index contributed by atoms with van der Waals surface area (Å²) in [5, 5.41) is 16.3. The summed E-state index contributed by atoms with van der Waals surface area (Å²) >= 11 is 0. The van der Waals surface area contributed by atoms with Crippen LogP contribution in [0.15, 0.2) is 0 Å². The van der Waals surface area contributed by atoms with Gasteiger partial charge in [-0.25, -0.2) is 8.78 Å². The predicted molar refractivity (Wildman–Crippen MR) is 122 cm³/mol. The van der Waals surface area contributed by atoms with E-state index in [9.17, 15) is 46.4 Å². The van der Waals surface area contributed by atoms with E-state index < -0.39 is 77.7 Å². The first kappa shape index (κ1) is 29.6. The predicted octanol–water partition coefficient (Wildman–Crippen LogP) is 2.02. The van der Waals surface area contributed by atoms with E-state index >= 15 is 0 Å². The number of nitrogens with one attached hydrogen (secondary N) is 3. The minimum absolute atomic E-state index is 0.0640. The van der Waals surface area contributed by atoms with Crippen LogP contribution in [-0.2, 0) is 19.2 Å². The van der Waals surface area contributed by atoms with Crippen molar-refractivity contribution in [2.75, 3.05) is 6.54 Å². The Morgan fingerprint density at radius 1 is 1.16 bits per heavy atom. The van der Waals surface area contributed by atoms with Gasteiger partial charge < -0.3 is 20.9 Å². The van der Waals surface area contributed by atoms with Crippen molar-refractivity contribution in [3.8, 4) is 6.07 Å². The number of amides is 4. The zero-order valence-electron chi connectivity index (χ0n) is 21.3. The van der Waals surface area contributed by atoms with Crippen molar-refractivity contribution < 1.29 is 41.1 Å². The number of fused-ring (bicyclic) bond motifs is 3. The van der Waals surface area contributed by atoms with Crippen molar-refractivity contribution >= 4 is 23.6 Å². The molecule has 3 heterocycles. The zero-order chi connectivity index (χ0) is 28.6. The number of carbonyl (C=O) groups excluding carboxylic acids is 4. The van der Waals surface area contributed by atoms with Gasteiger partial charge in [0.2, 0.25) is 17.7 Å². The number of nitriles is 1. The smallest absolute Gasteiger partial charge is 0.356 e. The van der Waals surface area contributed by atoms with E-state index in [-0.39, 0.29) is 25.2 Å². The van der Waals surface area contributed by atoms with Crippen LogP contribution in [0.5, 0.6) is 0 Å². The van der Waals surface area contributed by atoms with Crippen LogP contribution in [0.3, 0.4) is 0 Å². The lowest BCUT2D eigenvalue weighted by atomic mass is 9.70. The molecule has 4 fully saturated rings. The van der Waals surface area contributed by atoms with Crippen molar-refractivity contribution in [1.82, 2.24) is 20.9 Å². The summed E-state index contributed by atoms with van der Waals surface area (Å²) in [4.78, 5) is 51.7. The highest BCUT2D eigenvalue weighted by atomic mass is 19.4. The molecule has 6 atom stereocenters. The number of nitrogens with zero attached hydrogens (tertiary/aromatic N) is 2. The van der Waals surface area contributed by atoms with Crippen LogP contribution >= 0.6 is 0 Å². The third kappa shape index (κ3) is 6.18. The molecule has 0 radical (unpaired) electrons. The molecule has 9 nitrogen and oxygen atoms in total. The normalized spacial score (nSPS) is 28.5. The monoisotopic (exact) mass is 549 g/mol. The molecule has 3 aliphatic heterocycles. The second-order valence-electron chi connectivity index (χ2n) is 11.3. The minimum atomic E-state index is -5.29. The highest BCUT2D eigenvalue weighted by Gasteiger charge is 2.61. The fraction of sp³-hybridized carbons (Fsp3) is 0.792. The number of hydrogen-bond donors (Lipinski definition) is 3. The first-order valence-corrected chi connectivity index (χ1v) is 12.5. The van der Waals surface area contributed by atoms with Gasteiger partial charge in [-0.15, -0.1) is 0 Å². The van der Waals surface area contributed by atoms with E-state index in [1.807, 2.05) is 6.07 Å². The first-order chi connectivity index (χ1) is 17.5. The van der Waals surface area contributed by atoms with E-state index in [1.165, 1.54) is 20.8 Å². The van der Waals surface area contributed by atoms with Crippen molar-refractivity contribution in [3.05, 3.63) is 0 Å². The number of alkyl halides is 5. The second-order valence-corrected chi connectivity index (χ2v) is 11.3. The standard InChI is InChI=1S/C24H32F5N5O4/c1-22(2,3)17(33-21(38)24(27,28)29)20(37)34-14-6-7-15(23(25,26)10-14)16(34)19(36)32-13(11-30)9-12-5-4-8-31-18(12)35/h12-17H,4-10H2,1-3H3,(H,31,35)(H,32,36)(H,33,38)/t12-,13-,14-,15-,16-,17-/m1/s1. The summed E-state index contributed by atoms with van der Waals surface area (Å²) in [5.41, 5.74) is -1.26. The van der Waals surface area contributed by atoms with Gasteiger partial charge in [0.1, 0.15) is 18.1 Å². The zero-order valence-corrected chi connectivity index (χ0v) is 21.3. The molecule has 0 aromatic heterocycles. The summed E-state index contributed by atoms with van der Waals surface area (Å²) in [5.74, 6) is -10.3. The third-order valence-electron chi connectivity index (χ3n) is 7.50. The van der Waals surface area contributed by atoms with Gasteiger partial charge in [0, 0.05) is 24.9 Å². The molecule has 0 aromatic rings. The Kier molecular flexibility index (Phi) is 8.29. The molecule has 4 aliphatic rings. The van der Waals surface area contributed by atoms with Gasteiger partial charge in [0.25, 0.3) is 5.92 Å². The van der Waals surface area contributed by atoms with Crippen molar-refractivity contribution in [2.24, 2.45) is 17.3 Å². The molecular formula is C24H32F5N5O4. The summed E-state index contributed by atoms with van der Waals surface area (Å²) in [7, 11) is 0. The second kappa shape index (κ2) is 10.6. The molecule has 1 saturated carbocycles. The molecule has 4 amide bonds. The van der Waals surface area contributed by atoms with Crippen LogP contribution in [0.2, 0.25) is 0 Å². The maximum Gasteiger partial charge on any atom is 0.471 e. The Morgan fingerprint density at radius 3 is 2.34 bits per heavy atom. The Bertz CT molecular complexity index is 1010. The Balaban J connectivity index is 1.90. The van der Waals surface area contributed by atoms with Crippen LogP contribution in [0.25, 0.3) is 0 Å². The van der Waals surface area contributed by atoms with Crippen molar-refractivity contribution in [3.63, 3.8) is 0 Å².